The summed E-state index contributed by atoms with van der Waals surface area (Å²) in [6.45, 7) is 7.91. The third kappa shape index (κ3) is 3.83. The Morgan fingerprint density at radius 1 is 1.30 bits per heavy atom. The first kappa shape index (κ1) is 16.9. The Balaban J connectivity index is 2.04. The number of aryl methyl sites for hydroxylation is 2. The van der Waals surface area contributed by atoms with Gasteiger partial charge in [0.05, 0.1) is 18.3 Å². The van der Waals surface area contributed by atoms with E-state index in [1.54, 1.807) is 7.11 Å². The van der Waals surface area contributed by atoms with Crippen molar-refractivity contribution in [1.82, 2.24) is 15.8 Å². The van der Waals surface area contributed by atoms with Gasteiger partial charge in [0.25, 0.3) is 0 Å². The van der Waals surface area contributed by atoms with Gasteiger partial charge in [0.15, 0.2) is 0 Å². The summed E-state index contributed by atoms with van der Waals surface area (Å²) in [7, 11) is 1.62. The molecule has 124 valence electrons. The molecule has 0 aliphatic rings. The van der Waals surface area contributed by atoms with Gasteiger partial charge in [-0.05, 0) is 33.8 Å². The van der Waals surface area contributed by atoms with Gasteiger partial charge in [0.2, 0.25) is 0 Å². The lowest BCUT2D eigenvalue weighted by Crippen LogP contribution is -2.46. The van der Waals surface area contributed by atoms with Crippen LogP contribution in [0.15, 0.2) is 28.8 Å². The summed E-state index contributed by atoms with van der Waals surface area (Å²) in [4.78, 5) is 12.2. The molecule has 0 radical (unpaired) electrons. The highest BCUT2D eigenvalue weighted by Crippen LogP contribution is 2.29. The lowest BCUT2D eigenvalue weighted by molar-refractivity contribution is 0.229. The van der Waals surface area contributed by atoms with Crippen LogP contribution in [0.3, 0.4) is 0 Å². The maximum absolute atomic E-state index is 12.2. The van der Waals surface area contributed by atoms with Crippen LogP contribution < -0.4 is 15.4 Å². The van der Waals surface area contributed by atoms with Crippen LogP contribution in [-0.4, -0.2) is 18.3 Å². The quantitative estimate of drug-likeness (QED) is 0.888. The zero-order chi connectivity index (χ0) is 17.0. The second-order valence-corrected chi connectivity index (χ2v) is 5.94. The van der Waals surface area contributed by atoms with Crippen molar-refractivity contribution in [3.63, 3.8) is 0 Å². The Kier molecular flexibility index (Phi) is 4.93. The summed E-state index contributed by atoms with van der Waals surface area (Å²) in [6.07, 6.45) is 0. The molecule has 0 spiro atoms. The summed E-state index contributed by atoms with van der Waals surface area (Å²) in [6, 6.07) is 7.37. The number of nitrogens with zero attached hydrogens (tertiary/aromatic N) is 1. The largest absolute Gasteiger partial charge is 0.496 e. The lowest BCUT2D eigenvalue weighted by Gasteiger charge is -2.28. The maximum Gasteiger partial charge on any atom is 0.315 e. The van der Waals surface area contributed by atoms with Crippen molar-refractivity contribution < 1.29 is 14.1 Å². The van der Waals surface area contributed by atoms with Crippen LogP contribution in [0.4, 0.5) is 4.79 Å². The summed E-state index contributed by atoms with van der Waals surface area (Å²) in [5, 5.41) is 9.68. The SMILES string of the molecule is COc1ccccc1C(C)(C)NC(=O)NCc1c(C)noc1C. The van der Waals surface area contributed by atoms with Crippen molar-refractivity contribution in [2.75, 3.05) is 7.11 Å². The van der Waals surface area contributed by atoms with Crippen LogP contribution in [0.1, 0.15) is 36.4 Å². The number of nitrogens with one attached hydrogen (secondary N) is 2. The molecule has 23 heavy (non-hydrogen) atoms. The molecular formula is C17H23N3O3. The Morgan fingerprint density at radius 2 is 2.00 bits per heavy atom. The number of aromatic nitrogens is 1. The number of hydrogen-bond donors (Lipinski definition) is 2. The molecule has 2 N–H and O–H groups in total. The molecule has 1 aromatic carbocycles. The molecule has 0 aliphatic heterocycles. The van der Waals surface area contributed by atoms with Crippen molar-refractivity contribution in [1.29, 1.82) is 0 Å². The van der Waals surface area contributed by atoms with Crippen LogP contribution in [0.2, 0.25) is 0 Å². The minimum Gasteiger partial charge on any atom is -0.496 e. The van der Waals surface area contributed by atoms with Crippen LogP contribution >= 0.6 is 0 Å². The van der Waals surface area contributed by atoms with Gasteiger partial charge in [-0.25, -0.2) is 4.79 Å². The van der Waals surface area contributed by atoms with Gasteiger partial charge >= 0.3 is 6.03 Å². The molecule has 0 aliphatic carbocycles. The number of urea groups is 1. The van der Waals surface area contributed by atoms with Gasteiger partial charge in [-0.1, -0.05) is 23.4 Å². The summed E-state index contributed by atoms with van der Waals surface area (Å²) >= 11 is 0. The monoisotopic (exact) mass is 317 g/mol. The van der Waals surface area contributed by atoms with Gasteiger partial charge in [-0.2, -0.15) is 0 Å². The fraction of sp³-hybridized carbons (Fsp3) is 0.412. The fourth-order valence-corrected chi connectivity index (χ4v) is 2.48. The highest BCUT2D eigenvalue weighted by molar-refractivity contribution is 5.75. The van der Waals surface area contributed by atoms with E-state index in [4.69, 9.17) is 9.26 Å². The van der Waals surface area contributed by atoms with E-state index in [9.17, 15) is 4.79 Å². The van der Waals surface area contributed by atoms with Crippen molar-refractivity contribution in [2.45, 2.75) is 39.8 Å². The highest BCUT2D eigenvalue weighted by atomic mass is 16.5. The molecule has 0 bridgehead atoms. The van der Waals surface area contributed by atoms with Crippen molar-refractivity contribution >= 4 is 6.03 Å². The number of para-hydroxylation sites is 1. The molecule has 0 atom stereocenters. The summed E-state index contributed by atoms with van der Waals surface area (Å²) in [5.74, 6) is 1.45. The average Bonchev–Trinajstić information content (AvgIpc) is 2.83. The molecular weight excluding hydrogens is 294 g/mol. The third-order valence-electron chi connectivity index (χ3n) is 3.81. The number of amides is 2. The van der Waals surface area contributed by atoms with Crippen molar-refractivity contribution in [3.05, 3.63) is 46.8 Å². The molecule has 6 nitrogen and oxygen atoms in total. The van der Waals surface area contributed by atoms with E-state index in [1.807, 2.05) is 52.0 Å². The zero-order valence-electron chi connectivity index (χ0n) is 14.2. The molecule has 1 aromatic heterocycles. The van der Waals surface area contributed by atoms with Crippen LogP contribution in [0.25, 0.3) is 0 Å². The molecule has 2 amide bonds. The number of methoxy groups -OCH3 is 1. The van der Waals surface area contributed by atoms with Gasteiger partial charge in [0.1, 0.15) is 11.5 Å². The Morgan fingerprint density at radius 3 is 2.61 bits per heavy atom. The fourth-order valence-electron chi connectivity index (χ4n) is 2.48. The Labute approximate surface area is 136 Å². The molecule has 0 fully saturated rings. The standard InChI is InChI=1S/C17H23N3O3/c1-11-13(12(2)23-20-11)10-18-16(21)19-17(3,4)14-8-6-7-9-15(14)22-5/h6-9H,10H2,1-5H3,(H2,18,19,21). The van der Waals surface area contributed by atoms with Crippen LogP contribution in [-0.2, 0) is 12.1 Å². The van der Waals surface area contributed by atoms with E-state index in [2.05, 4.69) is 15.8 Å². The van der Waals surface area contributed by atoms with E-state index in [0.29, 0.717) is 12.3 Å². The average molecular weight is 317 g/mol. The van der Waals surface area contributed by atoms with E-state index in [1.165, 1.54) is 0 Å². The van der Waals surface area contributed by atoms with Gasteiger partial charge in [-0.15, -0.1) is 0 Å². The molecule has 0 saturated heterocycles. The van der Waals surface area contributed by atoms with Gasteiger partial charge < -0.3 is 19.9 Å². The van der Waals surface area contributed by atoms with E-state index in [-0.39, 0.29) is 6.03 Å². The minimum absolute atomic E-state index is 0.263. The summed E-state index contributed by atoms with van der Waals surface area (Å²) in [5.41, 5.74) is 2.02. The number of rotatable bonds is 5. The van der Waals surface area contributed by atoms with Gasteiger partial charge in [-0.3, -0.25) is 0 Å². The van der Waals surface area contributed by atoms with Crippen LogP contribution in [0.5, 0.6) is 5.75 Å². The molecule has 1 heterocycles. The van der Waals surface area contributed by atoms with Crippen molar-refractivity contribution in [3.8, 4) is 5.75 Å². The van der Waals surface area contributed by atoms with Crippen molar-refractivity contribution in [2.24, 2.45) is 0 Å². The minimum atomic E-state index is -0.574. The molecule has 0 unspecified atom stereocenters. The predicted octanol–water partition coefficient (Wildman–Crippen LogP) is 3.03. The van der Waals surface area contributed by atoms with Crippen LogP contribution in [0, 0.1) is 13.8 Å². The summed E-state index contributed by atoms with van der Waals surface area (Å²) < 4.78 is 10.5. The van der Waals surface area contributed by atoms with E-state index in [0.717, 1.165) is 22.6 Å². The highest BCUT2D eigenvalue weighted by Gasteiger charge is 2.26. The number of benzene rings is 1. The molecule has 6 heteroatoms. The normalized spacial score (nSPS) is 11.2. The molecule has 2 aromatic rings. The second-order valence-electron chi connectivity index (χ2n) is 5.94. The number of ether oxygens (including phenoxy) is 1. The van der Waals surface area contributed by atoms with E-state index < -0.39 is 5.54 Å². The first-order chi connectivity index (χ1) is 10.8. The molecule has 2 rings (SSSR count). The number of carbonyl (C=O) groups excluding carboxylic acids is 1. The molecule has 0 saturated carbocycles. The number of carbonyl (C=O) groups is 1. The third-order valence-corrected chi connectivity index (χ3v) is 3.81. The Bertz CT molecular complexity index is 673. The first-order valence-electron chi connectivity index (χ1n) is 7.46. The maximum atomic E-state index is 12.2. The smallest absolute Gasteiger partial charge is 0.315 e. The topological polar surface area (TPSA) is 76.4 Å². The van der Waals surface area contributed by atoms with E-state index >= 15 is 0 Å². The lowest BCUT2D eigenvalue weighted by atomic mass is 9.93. The first-order valence-corrected chi connectivity index (χ1v) is 7.46. The zero-order valence-corrected chi connectivity index (χ0v) is 14.2. The van der Waals surface area contributed by atoms with Gasteiger partial charge in [0, 0.05) is 17.7 Å². The second kappa shape index (κ2) is 6.73. The Hall–Kier alpha value is -2.50. The number of hydrogen-bond acceptors (Lipinski definition) is 4. The predicted molar refractivity (Wildman–Crippen MR) is 87.4 cm³/mol.